The third-order valence-electron chi connectivity index (χ3n) is 3.68. The second kappa shape index (κ2) is 9.69. The predicted molar refractivity (Wildman–Crippen MR) is 106 cm³/mol. The van der Waals surface area contributed by atoms with Gasteiger partial charge >= 0.3 is 5.97 Å². The van der Waals surface area contributed by atoms with Crippen LogP contribution in [0.3, 0.4) is 0 Å². The van der Waals surface area contributed by atoms with Gasteiger partial charge in [0.1, 0.15) is 18.9 Å². The first-order valence-electron chi connectivity index (χ1n) is 8.56. The molecule has 154 valence electrons. The van der Waals surface area contributed by atoms with Gasteiger partial charge in [-0.25, -0.2) is 8.42 Å². The molecule has 0 radical (unpaired) electrons. The van der Waals surface area contributed by atoms with Crippen LogP contribution in [0.5, 0.6) is 5.75 Å². The summed E-state index contributed by atoms with van der Waals surface area (Å²) in [6.07, 6.45) is 1.52. The number of nitro groups is 1. The maximum Gasteiger partial charge on any atom is 0.326 e. The first-order valence-corrected chi connectivity index (χ1v) is 10.0. The van der Waals surface area contributed by atoms with Gasteiger partial charge < -0.3 is 9.47 Å². The molecule has 0 unspecified atom stereocenters. The number of carbonyl (C=O) groups excluding carboxylic acids is 1. The van der Waals surface area contributed by atoms with Crippen molar-refractivity contribution in [1.29, 1.82) is 0 Å². The summed E-state index contributed by atoms with van der Waals surface area (Å²) < 4.78 is 37.6. The van der Waals surface area contributed by atoms with Crippen molar-refractivity contribution in [1.82, 2.24) is 0 Å². The molecule has 10 heteroatoms. The topological polar surface area (TPSA) is 116 Å². The van der Waals surface area contributed by atoms with Crippen LogP contribution in [0.1, 0.15) is 6.92 Å². The van der Waals surface area contributed by atoms with Crippen LogP contribution in [-0.2, 0) is 19.6 Å². The second-order valence-electron chi connectivity index (χ2n) is 5.64. The molecule has 0 saturated heterocycles. The highest BCUT2D eigenvalue weighted by molar-refractivity contribution is 7.93. The van der Waals surface area contributed by atoms with Crippen molar-refractivity contribution < 1.29 is 27.6 Å². The highest BCUT2D eigenvalue weighted by atomic mass is 32.2. The molecular weight excluding hydrogens is 400 g/mol. The third-order valence-corrected chi connectivity index (χ3v) is 5.50. The second-order valence-corrected chi connectivity index (χ2v) is 7.47. The Hall–Kier alpha value is -3.40. The molecule has 0 aliphatic carbocycles. The van der Waals surface area contributed by atoms with Gasteiger partial charge in [0.15, 0.2) is 4.90 Å². The van der Waals surface area contributed by atoms with Gasteiger partial charge in [0.25, 0.3) is 15.7 Å². The fourth-order valence-corrected chi connectivity index (χ4v) is 4.03. The van der Waals surface area contributed by atoms with Crippen molar-refractivity contribution >= 4 is 27.4 Å². The average molecular weight is 420 g/mol. The average Bonchev–Trinajstić information content (AvgIpc) is 2.70. The summed E-state index contributed by atoms with van der Waals surface area (Å²) in [5.74, 6) is -0.457. The Labute approximate surface area is 168 Å². The Kier molecular flexibility index (Phi) is 7.32. The molecule has 0 heterocycles. The molecule has 0 amide bonds. The zero-order valence-corrected chi connectivity index (χ0v) is 16.5. The van der Waals surface area contributed by atoms with E-state index in [0.29, 0.717) is 5.75 Å². The van der Waals surface area contributed by atoms with Crippen molar-refractivity contribution in [3.8, 4) is 5.75 Å². The van der Waals surface area contributed by atoms with Crippen LogP contribution in [-0.4, -0.2) is 39.1 Å². The van der Waals surface area contributed by atoms with Gasteiger partial charge in [0.2, 0.25) is 0 Å². The van der Waals surface area contributed by atoms with Crippen molar-refractivity contribution in [2.24, 2.45) is 0 Å². The number of benzene rings is 2. The number of esters is 1. The van der Waals surface area contributed by atoms with Gasteiger partial charge in [-0.3, -0.25) is 19.2 Å². The maximum absolute atomic E-state index is 13.3. The quantitative estimate of drug-likeness (QED) is 0.251. The van der Waals surface area contributed by atoms with E-state index in [1.807, 2.05) is 0 Å². The predicted octanol–water partition coefficient (Wildman–Crippen LogP) is 2.92. The molecule has 29 heavy (non-hydrogen) atoms. The van der Waals surface area contributed by atoms with E-state index in [9.17, 15) is 23.3 Å². The number of nitrogens with zero attached hydrogens (tertiary/aromatic N) is 2. The number of sulfonamides is 1. The highest BCUT2D eigenvalue weighted by Gasteiger charge is 2.33. The minimum absolute atomic E-state index is 0.0562. The first-order chi connectivity index (χ1) is 13.8. The van der Waals surface area contributed by atoms with Crippen LogP contribution in [0.25, 0.3) is 0 Å². The number of anilines is 1. The first kappa shape index (κ1) is 21.9. The Balaban J connectivity index is 2.58. The van der Waals surface area contributed by atoms with Crippen molar-refractivity contribution in [3.63, 3.8) is 0 Å². The largest absolute Gasteiger partial charge is 0.489 e. The van der Waals surface area contributed by atoms with Crippen molar-refractivity contribution in [3.05, 3.63) is 71.3 Å². The number of carbonyl (C=O) groups is 1. The SMILES string of the molecule is C=CCOc1cccc(N(CC(=O)OCC)S(=O)(=O)c2ccccc2[N+](=O)[O-])c1. The van der Waals surface area contributed by atoms with Crippen LogP contribution < -0.4 is 9.04 Å². The lowest BCUT2D eigenvalue weighted by molar-refractivity contribution is -0.387. The molecular formula is C19H20N2O7S. The molecule has 0 atom stereocenters. The van der Waals surface area contributed by atoms with Crippen LogP contribution in [0, 0.1) is 10.1 Å². The highest BCUT2D eigenvalue weighted by Crippen LogP contribution is 2.31. The van der Waals surface area contributed by atoms with Crippen LogP contribution in [0.4, 0.5) is 11.4 Å². The Morgan fingerprint density at radius 1 is 1.24 bits per heavy atom. The number of hydrogen-bond acceptors (Lipinski definition) is 7. The van der Waals surface area contributed by atoms with Crippen LogP contribution in [0.15, 0.2) is 66.1 Å². The van der Waals surface area contributed by atoms with E-state index in [4.69, 9.17) is 9.47 Å². The molecule has 0 aromatic heterocycles. The standard InChI is InChI=1S/C19H20N2O7S/c1-3-12-28-16-9-7-8-15(13-16)20(14-19(22)27-4-2)29(25,26)18-11-6-5-10-17(18)21(23)24/h3,5-11,13H,1,4,12,14H2,2H3. The fourth-order valence-electron chi connectivity index (χ4n) is 2.47. The molecule has 0 aliphatic rings. The van der Waals surface area contributed by atoms with E-state index >= 15 is 0 Å². The zero-order valence-electron chi connectivity index (χ0n) is 15.7. The normalized spacial score (nSPS) is 10.8. The van der Waals surface area contributed by atoms with E-state index in [2.05, 4.69) is 6.58 Å². The Morgan fingerprint density at radius 3 is 2.62 bits per heavy atom. The number of rotatable bonds is 10. The number of ether oxygens (including phenoxy) is 2. The molecule has 0 N–H and O–H groups in total. The number of hydrogen-bond donors (Lipinski definition) is 0. The Morgan fingerprint density at radius 2 is 1.97 bits per heavy atom. The van der Waals surface area contributed by atoms with E-state index in [0.717, 1.165) is 16.4 Å². The number of nitro benzene ring substituents is 1. The smallest absolute Gasteiger partial charge is 0.326 e. The van der Waals surface area contributed by atoms with E-state index < -0.39 is 38.0 Å². The Bertz CT molecular complexity index is 1010. The summed E-state index contributed by atoms with van der Waals surface area (Å²) in [7, 11) is -4.47. The number of para-hydroxylation sites is 1. The van der Waals surface area contributed by atoms with E-state index in [1.165, 1.54) is 30.3 Å². The van der Waals surface area contributed by atoms with Crippen LogP contribution in [0.2, 0.25) is 0 Å². The van der Waals surface area contributed by atoms with Gasteiger partial charge in [-0.2, -0.15) is 0 Å². The molecule has 0 saturated carbocycles. The minimum Gasteiger partial charge on any atom is -0.489 e. The molecule has 2 aromatic carbocycles. The lowest BCUT2D eigenvalue weighted by atomic mass is 10.3. The fraction of sp³-hybridized carbons (Fsp3) is 0.211. The lowest BCUT2D eigenvalue weighted by Gasteiger charge is -2.24. The summed E-state index contributed by atoms with van der Waals surface area (Å²) in [5, 5.41) is 11.3. The monoisotopic (exact) mass is 420 g/mol. The van der Waals surface area contributed by atoms with Gasteiger partial charge in [0.05, 0.1) is 17.2 Å². The van der Waals surface area contributed by atoms with E-state index in [-0.39, 0.29) is 18.9 Å². The van der Waals surface area contributed by atoms with Gasteiger partial charge in [-0.05, 0) is 25.1 Å². The summed E-state index contributed by atoms with van der Waals surface area (Å²) >= 11 is 0. The van der Waals surface area contributed by atoms with Crippen molar-refractivity contribution in [2.45, 2.75) is 11.8 Å². The summed E-state index contributed by atoms with van der Waals surface area (Å²) in [5.41, 5.74) is -0.502. The van der Waals surface area contributed by atoms with Crippen molar-refractivity contribution in [2.75, 3.05) is 24.1 Å². The van der Waals surface area contributed by atoms with Crippen LogP contribution >= 0.6 is 0 Å². The van der Waals surface area contributed by atoms with Gasteiger partial charge in [-0.15, -0.1) is 0 Å². The van der Waals surface area contributed by atoms with E-state index in [1.54, 1.807) is 19.1 Å². The molecule has 0 bridgehead atoms. The molecule has 0 aliphatic heterocycles. The molecule has 9 nitrogen and oxygen atoms in total. The lowest BCUT2D eigenvalue weighted by Crippen LogP contribution is -2.37. The minimum atomic E-state index is -4.47. The summed E-state index contributed by atoms with van der Waals surface area (Å²) in [6, 6.07) is 10.9. The third kappa shape index (κ3) is 5.32. The molecule has 2 aromatic rings. The zero-order chi connectivity index (χ0) is 21.4. The molecule has 2 rings (SSSR count). The summed E-state index contributed by atoms with van der Waals surface area (Å²) in [4.78, 5) is 22.1. The van der Waals surface area contributed by atoms with Gasteiger partial charge in [-0.1, -0.05) is 30.9 Å². The maximum atomic E-state index is 13.3. The molecule has 0 spiro atoms. The molecule has 0 fully saturated rings. The summed E-state index contributed by atoms with van der Waals surface area (Å²) in [6.45, 7) is 4.72. The van der Waals surface area contributed by atoms with Gasteiger partial charge in [0, 0.05) is 12.1 Å².